The lowest BCUT2D eigenvalue weighted by atomic mass is 10.3. The molecule has 24 heavy (non-hydrogen) atoms. The monoisotopic (exact) mass is 325 g/mol. The predicted octanol–water partition coefficient (Wildman–Crippen LogP) is 1.76. The Hall–Kier alpha value is -3.22. The van der Waals surface area contributed by atoms with Gasteiger partial charge in [0.15, 0.2) is 0 Å². The number of pyridine rings is 2. The molecule has 0 radical (unpaired) electrons. The summed E-state index contributed by atoms with van der Waals surface area (Å²) in [7, 11) is 1.49. The number of rotatable bonds is 4. The average molecular weight is 325 g/mol. The average Bonchev–Trinajstić information content (AvgIpc) is 2.60. The molecule has 0 unspecified atom stereocenters. The maximum Gasteiger partial charge on any atom is 0.340 e. The lowest BCUT2D eigenvalue weighted by Gasteiger charge is -2.07. The van der Waals surface area contributed by atoms with Gasteiger partial charge in [0.25, 0.3) is 5.56 Å². The third-order valence-corrected chi connectivity index (χ3v) is 3.39. The van der Waals surface area contributed by atoms with Crippen LogP contribution in [0.25, 0.3) is 5.65 Å². The Morgan fingerprint density at radius 1 is 1.25 bits per heavy atom. The van der Waals surface area contributed by atoms with Crippen molar-refractivity contribution < 1.29 is 14.3 Å². The van der Waals surface area contributed by atoms with E-state index in [2.05, 4.69) is 9.97 Å². The van der Waals surface area contributed by atoms with Gasteiger partial charge in [-0.15, -0.1) is 0 Å². The number of esters is 1. The molecule has 0 amide bonds. The highest BCUT2D eigenvalue weighted by Crippen LogP contribution is 2.09. The van der Waals surface area contributed by atoms with Crippen LogP contribution in [0.4, 0.5) is 0 Å². The van der Waals surface area contributed by atoms with E-state index in [1.54, 1.807) is 24.4 Å². The van der Waals surface area contributed by atoms with Crippen LogP contribution in [0, 0.1) is 6.92 Å². The maximum atomic E-state index is 12.1. The molecule has 3 heterocycles. The third kappa shape index (κ3) is 3.24. The summed E-state index contributed by atoms with van der Waals surface area (Å²) in [6, 6.07) is 8.08. The summed E-state index contributed by atoms with van der Waals surface area (Å²) in [6.45, 7) is 1.80. The lowest BCUT2D eigenvalue weighted by molar-refractivity contribution is 0.0467. The fourth-order valence-corrected chi connectivity index (χ4v) is 2.18. The van der Waals surface area contributed by atoms with Crippen molar-refractivity contribution in [2.24, 2.45) is 0 Å². The Morgan fingerprint density at radius 2 is 2.08 bits per heavy atom. The Labute approximate surface area is 137 Å². The third-order valence-electron chi connectivity index (χ3n) is 3.39. The molecule has 0 N–H and O–H groups in total. The molecule has 0 bridgehead atoms. The summed E-state index contributed by atoms with van der Waals surface area (Å²) in [5, 5.41) is 0. The minimum Gasteiger partial charge on any atom is -0.481 e. The SMILES string of the molecule is COc1ccc(C(=O)OCc2cc(=O)n3cc(C)ccc3n2)cn1. The summed E-state index contributed by atoms with van der Waals surface area (Å²) in [6.07, 6.45) is 3.08. The molecule has 0 fully saturated rings. The molecule has 0 aliphatic rings. The first-order valence-corrected chi connectivity index (χ1v) is 7.23. The molecule has 3 aromatic heterocycles. The van der Waals surface area contributed by atoms with E-state index in [9.17, 15) is 9.59 Å². The molecule has 7 heteroatoms. The number of aryl methyl sites for hydroxylation is 1. The van der Waals surface area contributed by atoms with Gasteiger partial charge in [-0.2, -0.15) is 0 Å². The fraction of sp³-hybridized carbons (Fsp3) is 0.176. The predicted molar refractivity (Wildman–Crippen MR) is 86.1 cm³/mol. The summed E-state index contributed by atoms with van der Waals surface area (Å²) >= 11 is 0. The Morgan fingerprint density at radius 3 is 2.79 bits per heavy atom. The van der Waals surface area contributed by atoms with Crippen LogP contribution < -0.4 is 10.3 Å². The molecule has 3 aromatic rings. The summed E-state index contributed by atoms with van der Waals surface area (Å²) in [4.78, 5) is 32.4. The molecular formula is C17H15N3O4. The largest absolute Gasteiger partial charge is 0.481 e. The molecule has 7 nitrogen and oxygen atoms in total. The van der Waals surface area contributed by atoms with Gasteiger partial charge in [-0.05, 0) is 24.6 Å². The molecule has 0 saturated carbocycles. The maximum absolute atomic E-state index is 12.1. The van der Waals surface area contributed by atoms with E-state index >= 15 is 0 Å². The quantitative estimate of drug-likeness (QED) is 0.680. The van der Waals surface area contributed by atoms with Gasteiger partial charge in [-0.3, -0.25) is 9.20 Å². The van der Waals surface area contributed by atoms with Crippen molar-refractivity contribution in [3.8, 4) is 5.88 Å². The van der Waals surface area contributed by atoms with E-state index in [1.807, 2.05) is 13.0 Å². The van der Waals surface area contributed by atoms with E-state index < -0.39 is 5.97 Å². The van der Waals surface area contributed by atoms with Crippen LogP contribution in [0.15, 0.2) is 47.5 Å². The molecule has 122 valence electrons. The molecule has 0 aliphatic carbocycles. The van der Waals surface area contributed by atoms with Gasteiger partial charge in [-0.25, -0.2) is 14.8 Å². The Kier molecular flexibility index (Phi) is 4.24. The van der Waals surface area contributed by atoms with Crippen LogP contribution in [-0.4, -0.2) is 27.4 Å². The van der Waals surface area contributed by atoms with E-state index in [0.29, 0.717) is 22.8 Å². The minimum absolute atomic E-state index is 0.0928. The van der Waals surface area contributed by atoms with Crippen molar-refractivity contribution >= 4 is 11.6 Å². The minimum atomic E-state index is -0.545. The second-order valence-electron chi connectivity index (χ2n) is 5.19. The van der Waals surface area contributed by atoms with Crippen LogP contribution in [0.1, 0.15) is 21.6 Å². The van der Waals surface area contributed by atoms with Gasteiger partial charge in [-0.1, -0.05) is 6.07 Å². The van der Waals surface area contributed by atoms with Crippen molar-refractivity contribution in [2.75, 3.05) is 7.11 Å². The van der Waals surface area contributed by atoms with Gasteiger partial charge in [0.05, 0.1) is 18.4 Å². The van der Waals surface area contributed by atoms with Crippen LogP contribution in [0.5, 0.6) is 5.88 Å². The number of hydrogen-bond donors (Lipinski definition) is 0. The molecule has 0 saturated heterocycles. The van der Waals surface area contributed by atoms with Crippen molar-refractivity contribution in [3.05, 3.63) is 69.9 Å². The molecular weight excluding hydrogens is 310 g/mol. The number of carbonyl (C=O) groups is 1. The summed E-state index contributed by atoms with van der Waals surface area (Å²) < 4.78 is 11.6. The first-order valence-electron chi connectivity index (χ1n) is 7.23. The van der Waals surface area contributed by atoms with Gasteiger partial charge in [0.2, 0.25) is 5.88 Å². The molecule has 0 aliphatic heterocycles. The van der Waals surface area contributed by atoms with E-state index in [1.165, 1.54) is 23.8 Å². The number of methoxy groups -OCH3 is 1. The fourth-order valence-electron chi connectivity index (χ4n) is 2.18. The van der Waals surface area contributed by atoms with Crippen molar-refractivity contribution in [2.45, 2.75) is 13.5 Å². The summed E-state index contributed by atoms with van der Waals surface area (Å²) in [5.74, 6) is -0.137. The first kappa shape index (κ1) is 15.7. The van der Waals surface area contributed by atoms with Crippen LogP contribution in [0.3, 0.4) is 0 Å². The Balaban J connectivity index is 1.76. The molecule has 0 spiro atoms. The first-order chi connectivity index (χ1) is 11.6. The standard InChI is InChI=1S/C17H15N3O4/c1-11-3-5-14-19-13(7-16(21)20(14)9-11)10-24-17(22)12-4-6-15(23-2)18-8-12/h3-9H,10H2,1-2H3. The highest BCUT2D eigenvalue weighted by molar-refractivity contribution is 5.89. The van der Waals surface area contributed by atoms with Gasteiger partial charge < -0.3 is 9.47 Å². The number of nitrogens with zero attached hydrogens (tertiary/aromatic N) is 3. The normalized spacial score (nSPS) is 10.6. The van der Waals surface area contributed by atoms with Crippen molar-refractivity contribution in [3.63, 3.8) is 0 Å². The number of carbonyl (C=O) groups excluding carboxylic acids is 1. The van der Waals surface area contributed by atoms with Gasteiger partial charge in [0, 0.05) is 24.5 Å². The highest BCUT2D eigenvalue weighted by Gasteiger charge is 2.10. The van der Waals surface area contributed by atoms with E-state index in [0.717, 1.165) is 5.56 Å². The zero-order valence-electron chi connectivity index (χ0n) is 13.2. The van der Waals surface area contributed by atoms with E-state index in [-0.39, 0.29) is 12.2 Å². The molecule has 0 aromatic carbocycles. The van der Waals surface area contributed by atoms with Crippen LogP contribution in [-0.2, 0) is 11.3 Å². The summed E-state index contributed by atoms with van der Waals surface area (Å²) in [5.41, 5.74) is 1.92. The number of fused-ring (bicyclic) bond motifs is 1. The van der Waals surface area contributed by atoms with E-state index in [4.69, 9.17) is 9.47 Å². The van der Waals surface area contributed by atoms with Gasteiger partial charge >= 0.3 is 5.97 Å². The smallest absolute Gasteiger partial charge is 0.340 e. The number of hydrogen-bond acceptors (Lipinski definition) is 6. The van der Waals surface area contributed by atoms with Crippen molar-refractivity contribution in [1.82, 2.24) is 14.4 Å². The van der Waals surface area contributed by atoms with Crippen molar-refractivity contribution in [1.29, 1.82) is 0 Å². The lowest BCUT2D eigenvalue weighted by Crippen LogP contribution is -2.17. The van der Waals surface area contributed by atoms with Crippen LogP contribution in [0.2, 0.25) is 0 Å². The van der Waals surface area contributed by atoms with Gasteiger partial charge in [0.1, 0.15) is 12.3 Å². The zero-order valence-corrected chi connectivity index (χ0v) is 13.2. The highest BCUT2D eigenvalue weighted by atomic mass is 16.5. The topological polar surface area (TPSA) is 82.8 Å². The number of aromatic nitrogens is 3. The second-order valence-corrected chi connectivity index (χ2v) is 5.19. The Bertz CT molecular complexity index is 948. The van der Waals surface area contributed by atoms with Crippen LogP contribution >= 0.6 is 0 Å². The number of ether oxygens (including phenoxy) is 2. The molecule has 0 atom stereocenters. The molecule has 3 rings (SSSR count). The second kappa shape index (κ2) is 6.49. The zero-order chi connectivity index (χ0) is 17.1.